The van der Waals surface area contributed by atoms with Crippen LogP contribution in [-0.2, 0) is 6.42 Å². The van der Waals surface area contributed by atoms with E-state index in [1.807, 2.05) is 0 Å². The number of piperidine rings is 1. The molecule has 0 bridgehead atoms. The molecule has 0 radical (unpaired) electrons. The van der Waals surface area contributed by atoms with Gasteiger partial charge in [-0.15, -0.1) is 0 Å². The fraction of sp³-hybridized carbons (Fsp3) is 0.643. The lowest BCUT2D eigenvalue weighted by molar-refractivity contribution is 0.174. The number of nitrogens with zero attached hydrogens (tertiary/aromatic N) is 2. The summed E-state index contributed by atoms with van der Waals surface area (Å²) >= 11 is 0. The molecule has 1 saturated heterocycles. The van der Waals surface area contributed by atoms with Crippen molar-refractivity contribution in [2.24, 2.45) is 0 Å². The first-order valence-corrected chi connectivity index (χ1v) is 6.50. The highest BCUT2D eigenvalue weighted by molar-refractivity contribution is 5.17. The smallest absolute Gasteiger partial charge is 0.0401 e. The minimum atomic E-state index is 0.527. The zero-order valence-electron chi connectivity index (χ0n) is 10.4. The Kier molecular flexibility index (Phi) is 3.94. The quantitative estimate of drug-likeness (QED) is 0.774. The first-order valence-electron chi connectivity index (χ1n) is 6.50. The molecule has 0 saturated carbocycles. The lowest BCUT2D eigenvalue weighted by Gasteiger charge is -2.32. The monoisotopic (exact) mass is 218 g/mol. The number of aromatic nitrogens is 1. The van der Waals surface area contributed by atoms with Gasteiger partial charge in [-0.05, 0) is 50.9 Å². The normalized spacial score (nSPS) is 19.6. The zero-order valence-corrected chi connectivity index (χ0v) is 10.4. The zero-order chi connectivity index (χ0) is 11.4. The van der Waals surface area contributed by atoms with Crippen LogP contribution in [0.3, 0.4) is 0 Å². The Morgan fingerprint density at radius 2 is 2.00 bits per heavy atom. The Balaban J connectivity index is 2.04. The van der Waals surface area contributed by atoms with Gasteiger partial charge in [0.1, 0.15) is 0 Å². The van der Waals surface area contributed by atoms with Crippen LogP contribution in [0.15, 0.2) is 18.3 Å². The molecule has 0 amide bonds. The molecule has 88 valence electrons. The maximum Gasteiger partial charge on any atom is 0.0401 e. The molecular formula is C14H22N2. The lowest BCUT2D eigenvalue weighted by Crippen LogP contribution is -2.32. The fourth-order valence-electron chi connectivity index (χ4n) is 2.41. The van der Waals surface area contributed by atoms with E-state index in [0.717, 1.165) is 6.42 Å². The molecule has 1 aromatic heterocycles. The van der Waals surface area contributed by atoms with Crippen molar-refractivity contribution in [1.29, 1.82) is 0 Å². The highest BCUT2D eigenvalue weighted by Crippen LogP contribution is 2.23. The maximum absolute atomic E-state index is 4.49. The van der Waals surface area contributed by atoms with Gasteiger partial charge in [-0.3, -0.25) is 9.88 Å². The number of pyridine rings is 1. The van der Waals surface area contributed by atoms with Crippen LogP contribution < -0.4 is 0 Å². The van der Waals surface area contributed by atoms with Crippen LogP contribution in [0, 0.1) is 0 Å². The third kappa shape index (κ3) is 2.62. The number of rotatable bonds is 3. The highest BCUT2D eigenvalue weighted by atomic mass is 15.2. The molecule has 0 spiro atoms. The molecule has 0 aliphatic carbocycles. The van der Waals surface area contributed by atoms with E-state index in [4.69, 9.17) is 0 Å². The van der Waals surface area contributed by atoms with Crippen molar-refractivity contribution in [3.63, 3.8) is 0 Å². The molecule has 0 N–H and O–H groups in total. The first kappa shape index (κ1) is 11.6. The molecule has 16 heavy (non-hydrogen) atoms. The molecule has 1 aromatic rings. The second-order valence-electron chi connectivity index (χ2n) is 4.71. The van der Waals surface area contributed by atoms with E-state index < -0.39 is 0 Å². The van der Waals surface area contributed by atoms with Crippen LogP contribution in [-0.4, -0.2) is 23.0 Å². The Morgan fingerprint density at radius 3 is 2.56 bits per heavy atom. The number of hydrogen-bond acceptors (Lipinski definition) is 2. The van der Waals surface area contributed by atoms with Crippen molar-refractivity contribution in [2.75, 3.05) is 13.1 Å². The maximum atomic E-state index is 4.49. The van der Waals surface area contributed by atoms with E-state index >= 15 is 0 Å². The molecule has 1 aliphatic rings. The second kappa shape index (κ2) is 5.44. The Hall–Kier alpha value is -0.890. The molecule has 0 aromatic carbocycles. The largest absolute Gasteiger partial charge is 0.297 e. The van der Waals surface area contributed by atoms with Crippen molar-refractivity contribution in [1.82, 2.24) is 9.88 Å². The van der Waals surface area contributed by atoms with Crippen molar-refractivity contribution in [2.45, 2.75) is 45.6 Å². The summed E-state index contributed by atoms with van der Waals surface area (Å²) in [6.07, 6.45) is 7.18. The Morgan fingerprint density at radius 1 is 1.25 bits per heavy atom. The minimum Gasteiger partial charge on any atom is -0.297 e. The summed E-state index contributed by atoms with van der Waals surface area (Å²) in [5, 5.41) is 0. The molecule has 2 rings (SSSR count). The van der Waals surface area contributed by atoms with E-state index in [9.17, 15) is 0 Å². The average molecular weight is 218 g/mol. The molecule has 2 nitrogen and oxygen atoms in total. The SMILES string of the molecule is CCc1ccc(C(C)N2CCCCC2)cn1. The lowest BCUT2D eigenvalue weighted by atomic mass is 10.0. The topological polar surface area (TPSA) is 16.1 Å². The van der Waals surface area contributed by atoms with Crippen LogP contribution in [0.4, 0.5) is 0 Å². The van der Waals surface area contributed by atoms with Crippen molar-refractivity contribution < 1.29 is 0 Å². The van der Waals surface area contributed by atoms with Gasteiger partial charge in [-0.2, -0.15) is 0 Å². The highest BCUT2D eigenvalue weighted by Gasteiger charge is 2.17. The summed E-state index contributed by atoms with van der Waals surface area (Å²) in [7, 11) is 0. The molecule has 1 unspecified atom stereocenters. The molecule has 1 atom stereocenters. The predicted octanol–water partition coefficient (Wildman–Crippen LogP) is 3.19. The van der Waals surface area contributed by atoms with Gasteiger partial charge in [-0.25, -0.2) is 0 Å². The van der Waals surface area contributed by atoms with Gasteiger partial charge < -0.3 is 0 Å². The predicted molar refractivity (Wildman–Crippen MR) is 67.5 cm³/mol. The van der Waals surface area contributed by atoms with Crippen LogP contribution in [0.25, 0.3) is 0 Å². The van der Waals surface area contributed by atoms with E-state index in [2.05, 4.69) is 42.1 Å². The first-order chi connectivity index (χ1) is 7.81. The van der Waals surface area contributed by atoms with Gasteiger partial charge in [0.15, 0.2) is 0 Å². The van der Waals surface area contributed by atoms with Gasteiger partial charge in [0.2, 0.25) is 0 Å². The van der Waals surface area contributed by atoms with Gasteiger partial charge >= 0.3 is 0 Å². The van der Waals surface area contributed by atoms with Gasteiger partial charge in [-0.1, -0.05) is 19.4 Å². The molecule has 1 aliphatic heterocycles. The van der Waals surface area contributed by atoms with Crippen LogP contribution >= 0.6 is 0 Å². The Bertz CT molecular complexity index is 312. The molecule has 2 heterocycles. The Labute approximate surface area is 98.7 Å². The third-order valence-electron chi connectivity index (χ3n) is 3.63. The summed E-state index contributed by atoms with van der Waals surface area (Å²) in [6.45, 7) is 6.94. The summed E-state index contributed by atoms with van der Waals surface area (Å²) in [5.74, 6) is 0. The molecular weight excluding hydrogens is 196 g/mol. The summed E-state index contributed by atoms with van der Waals surface area (Å²) in [6, 6.07) is 4.93. The summed E-state index contributed by atoms with van der Waals surface area (Å²) in [5.41, 5.74) is 2.55. The van der Waals surface area contributed by atoms with Crippen LogP contribution in [0.2, 0.25) is 0 Å². The van der Waals surface area contributed by atoms with E-state index in [1.54, 1.807) is 0 Å². The average Bonchev–Trinajstić information content (AvgIpc) is 2.39. The fourth-order valence-corrected chi connectivity index (χ4v) is 2.41. The van der Waals surface area contributed by atoms with Crippen molar-refractivity contribution in [3.8, 4) is 0 Å². The van der Waals surface area contributed by atoms with E-state index in [1.165, 1.54) is 43.6 Å². The van der Waals surface area contributed by atoms with Gasteiger partial charge in [0.05, 0.1) is 0 Å². The van der Waals surface area contributed by atoms with Crippen LogP contribution in [0.5, 0.6) is 0 Å². The summed E-state index contributed by atoms with van der Waals surface area (Å²) < 4.78 is 0. The number of hydrogen-bond donors (Lipinski definition) is 0. The summed E-state index contributed by atoms with van der Waals surface area (Å²) in [4.78, 5) is 7.06. The third-order valence-corrected chi connectivity index (χ3v) is 3.63. The van der Waals surface area contributed by atoms with E-state index in [0.29, 0.717) is 6.04 Å². The van der Waals surface area contributed by atoms with Gasteiger partial charge in [0.25, 0.3) is 0 Å². The standard InChI is InChI=1S/C14H22N2/c1-3-14-8-7-13(11-15-14)12(2)16-9-5-4-6-10-16/h7-8,11-12H,3-6,9-10H2,1-2H3. The second-order valence-corrected chi connectivity index (χ2v) is 4.71. The molecule has 1 fully saturated rings. The minimum absolute atomic E-state index is 0.527. The molecule has 2 heteroatoms. The van der Waals surface area contributed by atoms with Gasteiger partial charge in [0, 0.05) is 17.9 Å². The van der Waals surface area contributed by atoms with E-state index in [-0.39, 0.29) is 0 Å². The van der Waals surface area contributed by atoms with Crippen molar-refractivity contribution in [3.05, 3.63) is 29.6 Å². The van der Waals surface area contributed by atoms with Crippen LogP contribution in [0.1, 0.15) is 50.4 Å². The number of aryl methyl sites for hydroxylation is 1. The number of likely N-dealkylation sites (tertiary alicyclic amines) is 1. The van der Waals surface area contributed by atoms with Crippen molar-refractivity contribution >= 4 is 0 Å².